The monoisotopic (exact) mass is 803 g/mol. The Bertz CT molecular complexity index is 603. The molecule has 4 fully saturated rings. The predicted octanol–water partition coefficient (Wildman–Crippen LogP) is 12.1. The summed E-state index contributed by atoms with van der Waals surface area (Å²) in [4.78, 5) is 0. The summed E-state index contributed by atoms with van der Waals surface area (Å²) in [7, 11) is 6.46. The van der Waals surface area contributed by atoms with Crippen molar-refractivity contribution in [2.45, 2.75) is 190 Å². The van der Waals surface area contributed by atoms with E-state index in [-0.39, 0.29) is 32.5 Å². The van der Waals surface area contributed by atoms with Crippen LogP contribution in [0.4, 0.5) is 0 Å². The SMILES string of the molecule is C1CCC(P(CCNCCP(C2CCCCC2)C2CCCCC2)C2CCCCC2)CC1.[Cl][IrH]/[C]1=C/CCCCCC1. The van der Waals surface area contributed by atoms with Crippen LogP contribution in [0, 0.1) is 0 Å². The molecule has 5 rings (SSSR count). The first-order valence-electron chi connectivity index (χ1n) is 18.5. The molecule has 1 N–H and O–H groups in total. The van der Waals surface area contributed by atoms with Crippen LogP contribution in [0.1, 0.15) is 167 Å². The normalized spacial score (nSPS) is 26.3. The molecular weight excluding hydrogens is 736 g/mol. The maximum atomic E-state index is 5.88. The average Bonchev–Trinajstić information content (AvgIpc) is 3.03. The van der Waals surface area contributed by atoms with Crippen LogP contribution >= 0.6 is 25.4 Å². The summed E-state index contributed by atoms with van der Waals surface area (Å²) in [6.45, 7) is 2.69. The summed E-state index contributed by atoms with van der Waals surface area (Å²) in [6.07, 6.45) is 44.7. The van der Waals surface area contributed by atoms with Crippen LogP contribution in [-0.2, 0) is 16.7 Å². The Balaban J connectivity index is 0.000000328. The van der Waals surface area contributed by atoms with Crippen molar-refractivity contribution in [2.75, 3.05) is 25.4 Å². The fraction of sp³-hybridized carbons (Fsp3) is 0.944. The van der Waals surface area contributed by atoms with Crippen LogP contribution in [-0.4, -0.2) is 48.0 Å². The second-order valence-electron chi connectivity index (χ2n) is 14.0. The maximum absolute atomic E-state index is 5.88. The molecule has 0 spiro atoms. The zero-order chi connectivity index (χ0) is 28.4. The molecule has 0 unspecified atom stereocenters. The van der Waals surface area contributed by atoms with E-state index in [4.69, 9.17) is 9.58 Å². The molecule has 41 heavy (non-hydrogen) atoms. The van der Waals surface area contributed by atoms with Gasteiger partial charge in [-0.15, -0.1) is 0 Å². The van der Waals surface area contributed by atoms with Crippen molar-refractivity contribution in [3.8, 4) is 0 Å². The number of nitrogens with one attached hydrogen (secondary N) is 1. The van der Waals surface area contributed by atoms with E-state index in [0.29, 0.717) is 0 Å². The fourth-order valence-electron chi connectivity index (χ4n) is 8.72. The van der Waals surface area contributed by atoms with E-state index in [1.165, 1.54) is 129 Å². The van der Waals surface area contributed by atoms with Gasteiger partial charge in [-0.05, 0) is 99.4 Å². The Kier molecular flexibility index (Phi) is 19.1. The first-order valence-corrected chi connectivity index (χ1v) is 26.2. The van der Waals surface area contributed by atoms with Crippen LogP contribution in [0.3, 0.4) is 0 Å². The first kappa shape index (κ1) is 35.4. The van der Waals surface area contributed by atoms with Crippen molar-refractivity contribution in [3.05, 3.63) is 10.2 Å². The van der Waals surface area contributed by atoms with Crippen molar-refractivity contribution in [2.24, 2.45) is 0 Å². The van der Waals surface area contributed by atoms with Gasteiger partial charge in [0.1, 0.15) is 0 Å². The standard InChI is InChI=1S/C28H53NP2.C8H13.ClH.Ir.H/c1-5-13-25(14-6-1)30(26-15-7-2-8-16-26)23-21-29-22-24-31(27-17-9-3-10-18-27)28-19-11-4-12-20-28;1-2-4-6-8-7-5-3-1;;;/h25-29H,1-24H2;1H,2,4-8H2;1H;;/q;;;+1;/p-1. The van der Waals surface area contributed by atoms with Crippen LogP contribution < -0.4 is 5.32 Å². The van der Waals surface area contributed by atoms with Crippen LogP contribution in [0.25, 0.3) is 0 Å². The van der Waals surface area contributed by atoms with Gasteiger partial charge in [-0.3, -0.25) is 0 Å². The van der Waals surface area contributed by atoms with Gasteiger partial charge in [0.25, 0.3) is 0 Å². The molecule has 1 nitrogen and oxygen atoms in total. The molecule has 0 amide bonds. The molecule has 4 saturated carbocycles. The molecule has 242 valence electrons. The van der Waals surface area contributed by atoms with Gasteiger partial charge in [-0.1, -0.05) is 92.9 Å². The second kappa shape index (κ2) is 22.1. The van der Waals surface area contributed by atoms with Crippen molar-refractivity contribution in [1.29, 1.82) is 0 Å². The summed E-state index contributed by atoms with van der Waals surface area (Å²) in [5.41, 5.74) is 4.54. The number of hydrogen-bond acceptors (Lipinski definition) is 1. The second-order valence-corrected chi connectivity index (χ2v) is 23.1. The summed E-state index contributed by atoms with van der Waals surface area (Å²) in [5.74, 6) is 0. The van der Waals surface area contributed by atoms with Crippen LogP contribution in [0.2, 0.25) is 0 Å². The Morgan fingerprint density at radius 3 is 1.29 bits per heavy atom. The number of rotatable bonds is 11. The quantitative estimate of drug-likeness (QED) is 0.162. The van der Waals surface area contributed by atoms with Gasteiger partial charge in [-0.25, -0.2) is 0 Å². The van der Waals surface area contributed by atoms with Gasteiger partial charge in [-0.2, -0.15) is 0 Å². The third-order valence-corrected chi connectivity index (χ3v) is 21.6. The Morgan fingerprint density at radius 2 is 0.902 bits per heavy atom. The topological polar surface area (TPSA) is 12.0 Å². The molecule has 0 aromatic carbocycles. The first-order chi connectivity index (χ1) is 20.3. The molecule has 0 radical (unpaired) electrons. The van der Waals surface area contributed by atoms with E-state index in [1.54, 1.807) is 67.8 Å². The van der Waals surface area contributed by atoms with Crippen LogP contribution in [0.5, 0.6) is 0 Å². The number of allylic oxidation sites excluding steroid dienone is 2. The van der Waals surface area contributed by atoms with Crippen molar-refractivity contribution in [1.82, 2.24) is 5.32 Å². The molecular formula is C36H67ClIrNP2. The van der Waals surface area contributed by atoms with E-state index >= 15 is 0 Å². The van der Waals surface area contributed by atoms with Crippen LogP contribution in [0.15, 0.2) is 10.2 Å². The molecule has 5 heteroatoms. The zero-order valence-corrected chi connectivity index (χ0v) is 31.8. The van der Waals surface area contributed by atoms with E-state index in [9.17, 15) is 0 Å². The third kappa shape index (κ3) is 13.4. The zero-order valence-electron chi connectivity index (χ0n) is 26.7. The van der Waals surface area contributed by atoms with E-state index in [0.717, 1.165) is 22.6 Å². The van der Waals surface area contributed by atoms with Gasteiger partial charge in [0.15, 0.2) is 0 Å². The molecule has 0 heterocycles. The van der Waals surface area contributed by atoms with Crippen molar-refractivity contribution < 1.29 is 16.7 Å². The minimum absolute atomic E-state index is 0.290. The number of halogens is 1. The Hall–Kier alpha value is 1.50. The molecule has 5 aliphatic rings. The molecule has 0 aliphatic heterocycles. The minimum atomic E-state index is -0.336. The van der Waals surface area contributed by atoms with E-state index in [1.807, 2.05) is 0 Å². The molecule has 0 aromatic rings. The molecule has 5 aliphatic carbocycles. The van der Waals surface area contributed by atoms with Gasteiger partial charge in [0.05, 0.1) is 0 Å². The van der Waals surface area contributed by atoms with Crippen molar-refractivity contribution >= 4 is 25.4 Å². The van der Waals surface area contributed by atoms with Crippen molar-refractivity contribution in [3.63, 3.8) is 0 Å². The molecule has 0 saturated heterocycles. The third-order valence-electron chi connectivity index (χ3n) is 11.1. The average molecular weight is 804 g/mol. The molecule has 0 aromatic heterocycles. The van der Waals surface area contributed by atoms with Gasteiger partial charge in [0.2, 0.25) is 0 Å². The van der Waals surface area contributed by atoms with Gasteiger partial charge in [0, 0.05) is 0 Å². The summed E-state index contributed by atoms with van der Waals surface area (Å²) >= 11 is -0.336. The molecule has 0 atom stereocenters. The number of hydrogen-bond donors (Lipinski definition) is 1. The van der Waals surface area contributed by atoms with E-state index < -0.39 is 0 Å². The van der Waals surface area contributed by atoms with Gasteiger partial charge >= 0.3 is 75.0 Å². The predicted molar refractivity (Wildman–Crippen MR) is 187 cm³/mol. The van der Waals surface area contributed by atoms with E-state index in [2.05, 4.69) is 11.4 Å². The summed E-state index contributed by atoms with van der Waals surface area (Å²) < 4.78 is 1.60. The fourth-order valence-corrected chi connectivity index (χ4v) is 18.6. The Morgan fingerprint density at radius 1 is 0.537 bits per heavy atom. The Labute approximate surface area is 271 Å². The molecule has 0 bridgehead atoms. The summed E-state index contributed by atoms with van der Waals surface area (Å²) in [5, 5.41) is 4.04. The summed E-state index contributed by atoms with van der Waals surface area (Å²) in [6, 6.07) is 0. The van der Waals surface area contributed by atoms with Gasteiger partial charge < -0.3 is 5.32 Å².